The summed E-state index contributed by atoms with van der Waals surface area (Å²) in [7, 11) is 0. The van der Waals surface area contributed by atoms with Crippen LogP contribution in [0.15, 0.2) is 180 Å². The number of rotatable bonds is 5. The number of benzene rings is 8. The predicted octanol–water partition coefficient (Wildman–Crippen LogP) is 15.0. The first-order valence-corrected chi connectivity index (χ1v) is 19.7. The molecule has 0 radical (unpaired) electrons. The lowest BCUT2D eigenvalue weighted by Gasteiger charge is -2.29. The van der Waals surface area contributed by atoms with E-state index in [1.54, 1.807) is 0 Å². The van der Waals surface area contributed by atoms with Crippen molar-refractivity contribution in [2.45, 2.75) is 38.5 Å². The summed E-state index contributed by atoms with van der Waals surface area (Å²) in [5.41, 5.74) is 20.5. The molecule has 0 amide bonds. The Hall–Kier alpha value is -6.64. The minimum atomic E-state index is -0.236. The van der Waals surface area contributed by atoms with Gasteiger partial charge >= 0.3 is 0 Å². The standard InChI is InChI=1S/C54H41NO/c1-53(2)44-17-10-8-15-40(44)41-30-25-37(33-46(41)53)36-23-28-39(29-24-36)55(38-26-21-35(22-27-38)34-13-6-5-7-14-34)47-19-12-18-45-50(47)43-31-32-49-51(52(43)54(45,3)4)42-16-9-11-20-48(42)56-49/h5-33H,1-4H3. The molecule has 0 spiro atoms. The molecule has 0 saturated carbocycles. The molecule has 2 aliphatic rings. The van der Waals surface area contributed by atoms with Gasteiger partial charge in [-0.1, -0.05) is 155 Å². The summed E-state index contributed by atoms with van der Waals surface area (Å²) in [6.07, 6.45) is 0. The fourth-order valence-electron chi connectivity index (χ4n) is 9.89. The molecule has 2 heteroatoms. The normalized spacial score (nSPS) is 14.4. The fourth-order valence-corrected chi connectivity index (χ4v) is 9.89. The zero-order valence-corrected chi connectivity index (χ0v) is 32.1. The van der Waals surface area contributed by atoms with Crippen molar-refractivity contribution in [2.75, 3.05) is 4.90 Å². The van der Waals surface area contributed by atoms with Gasteiger partial charge in [-0.3, -0.25) is 0 Å². The van der Waals surface area contributed by atoms with E-state index in [-0.39, 0.29) is 10.8 Å². The van der Waals surface area contributed by atoms with Crippen LogP contribution in [-0.4, -0.2) is 0 Å². The highest BCUT2D eigenvalue weighted by Gasteiger charge is 2.40. The molecule has 2 aliphatic carbocycles. The molecule has 268 valence electrons. The van der Waals surface area contributed by atoms with Gasteiger partial charge in [0.1, 0.15) is 11.2 Å². The van der Waals surface area contributed by atoms with Gasteiger partial charge in [0.2, 0.25) is 0 Å². The van der Waals surface area contributed by atoms with Gasteiger partial charge in [0.25, 0.3) is 0 Å². The van der Waals surface area contributed by atoms with Crippen LogP contribution < -0.4 is 4.90 Å². The van der Waals surface area contributed by atoms with E-state index in [0.717, 1.165) is 22.5 Å². The van der Waals surface area contributed by atoms with Crippen LogP contribution in [0.25, 0.3) is 66.4 Å². The van der Waals surface area contributed by atoms with Gasteiger partial charge in [-0.25, -0.2) is 0 Å². The van der Waals surface area contributed by atoms with Gasteiger partial charge in [0.15, 0.2) is 0 Å². The van der Waals surface area contributed by atoms with E-state index in [0.29, 0.717) is 0 Å². The quantitative estimate of drug-likeness (QED) is 0.176. The van der Waals surface area contributed by atoms with Crippen LogP contribution in [0.5, 0.6) is 0 Å². The number of hydrogen-bond acceptors (Lipinski definition) is 2. The maximum Gasteiger partial charge on any atom is 0.135 e. The van der Waals surface area contributed by atoms with Crippen molar-refractivity contribution in [1.29, 1.82) is 0 Å². The molecule has 0 aliphatic heterocycles. The van der Waals surface area contributed by atoms with E-state index in [2.05, 4.69) is 209 Å². The molecule has 11 rings (SSSR count). The Morgan fingerprint density at radius 1 is 0.411 bits per heavy atom. The minimum absolute atomic E-state index is 0.0450. The van der Waals surface area contributed by atoms with Crippen LogP contribution in [0.1, 0.15) is 49.9 Å². The van der Waals surface area contributed by atoms with Gasteiger partial charge in [0.05, 0.1) is 5.69 Å². The SMILES string of the molecule is CC1(C)c2ccccc2-c2ccc(-c3ccc(N(c4ccc(-c5ccccc5)cc4)c4cccc5c4-c4ccc6oc7ccccc7c6c4C5(C)C)cc3)cc21. The van der Waals surface area contributed by atoms with E-state index in [4.69, 9.17) is 4.42 Å². The molecule has 0 fully saturated rings. The Balaban J connectivity index is 1.07. The van der Waals surface area contributed by atoms with Gasteiger partial charge in [0, 0.05) is 38.5 Å². The van der Waals surface area contributed by atoms with E-state index in [1.165, 1.54) is 83.2 Å². The lowest BCUT2D eigenvalue weighted by Crippen LogP contribution is -2.16. The fraction of sp³-hybridized carbons (Fsp3) is 0.111. The Bertz CT molecular complexity index is 3000. The van der Waals surface area contributed by atoms with Crippen LogP contribution in [0.4, 0.5) is 17.1 Å². The maximum absolute atomic E-state index is 6.42. The van der Waals surface area contributed by atoms with Crippen molar-refractivity contribution >= 4 is 39.0 Å². The van der Waals surface area contributed by atoms with Gasteiger partial charge in [-0.2, -0.15) is 0 Å². The van der Waals surface area contributed by atoms with E-state index in [1.807, 2.05) is 0 Å². The second kappa shape index (κ2) is 11.9. The lowest BCUT2D eigenvalue weighted by atomic mass is 9.80. The van der Waals surface area contributed by atoms with Gasteiger partial charge in [-0.05, 0) is 110 Å². The van der Waals surface area contributed by atoms with E-state index in [9.17, 15) is 0 Å². The molecule has 2 nitrogen and oxygen atoms in total. The smallest absolute Gasteiger partial charge is 0.135 e. The third kappa shape index (κ3) is 4.69. The van der Waals surface area contributed by atoms with Crippen LogP contribution in [0.3, 0.4) is 0 Å². The molecule has 0 bridgehead atoms. The summed E-state index contributed by atoms with van der Waals surface area (Å²) in [4.78, 5) is 2.45. The zero-order chi connectivity index (χ0) is 37.8. The summed E-state index contributed by atoms with van der Waals surface area (Å²) in [5, 5.41) is 2.39. The van der Waals surface area contributed by atoms with Gasteiger partial charge in [-0.15, -0.1) is 0 Å². The van der Waals surface area contributed by atoms with Crippen molar-refractivity contribution < 1.29 is 4.42 Å². The maximum atomic E-state index is 6.42. The number of nitrogens with zero attached hydrogens (tertiary/aromatic N) is 1. The lowest BCUT2D eigenvalue weighted by molar-refractivity contribution is 0.657. The van der Waals surface area contributed by atoms with Gasteiger partial charge < -0.3 is 9.32 Å². The van der Waals surface area contributed by atoms with Crippen LogP contribution in [-0.2, 0) is 10.8 Å². The van der Waals surface area contributed by atoms with Crippen molar-refractivity contribution in [2.24, 2.45) is 0 Å². The number of para-hydroxylation sites is 1. The summed E-state index contributed by atoms with van der Waals surface area (Å²) < 4.78 is 6.42. The summed E-state index contributed by atoms with van der Waals surface area (Å²) in [6.45, 7) is 9.44. The first-order chi connectivity index (χ1) is 27.3. The van der Waals surface area contributed by atoms with E-state index >= 15 is 0 Å². The van der Waals surface area contributed by atoms with Crippen LogP contribution in [0.2, 0.25) is 0 Å². The predicted molar refractivity (Wildman–Crippen MR) is 234 cm³/mol. The van der Waals surface area contributed by atoms with Crippen molar-refractivity contribution in [3.8, 4) is 44.5 Å². The highest BCUT2D eigenvalue weighted by atomic mass is 16.3. The second-order valence-electron chi connectivity index (χ2n) is 16.5. The number of fused-ring (bicyclic) bond motifs is 10. The summed E-state index contributed by atoms with van der Waals surface area (Å²) in [6, 6.07) is 64.4. The average molecular weight is 720 g/mol. The number of hydrogen-bond donors (Lipinski definition) is 0. The molecule has 0 N–H and O–H groups in total. The second-order valence-corrected chi connectivity index (χ2v) is 16.5. The highest BCUT2D eigenvalue weighted by molar-refractivity contribution is 6.12. The largest absolute Gasteiger partial charge is 0.456 e. The Morgan fingerprint density at radius 3 is 1.77 bits per heavy atom. The monoisotopic (exact) mass is 719 g/mol. The molecular formula is C54H41NO. The molecule has 0 saturated heterocycles. The highest BCUT2D eigenvalue weighted by Crippen LogP contribution is 2.57. The van der Waals surface area contributed by atoms with Crippen molar-refractivity contribution in [3.05, 3.63) is 198 Å². The minimum Gasteiger partial charge on any atom is -0.456 e. The van der Waals surface area contributed by atoms with Crippen LogP contribution in [0, 0.1) is 0 Å². The molecular weight excluding hydrogens is 679 g/mol. The molecule has 0 unspecified atom stereocenters. The molecule has 1 aromatic heterocycles. The molecule has 8 aromatic carbocycles. The third-order valence-electron chi connectivity index (χ3n) is 12.7. The molecule has 9 aromatic rings. The molecule has 0 atom stereocenters. The molecule has 56 heavy (non-hydrogen) atoms. The Morgan fingerprint density at radius 2 is 1.00 bits per heavy atom. The Labute approximate surface area is 328 Å². The molecule has 1 heterocycles. The topological polar surface area (TPSA) is 16.4 Å². The Kier molecular flexibility index (Phi) is 6.98. The first kappa shape index (κ1) is 32.8. The summed E-state index contributed by atoms with van der Waals surface area (Å²) >= 11 is 0. The number of furan rings is 1. The average Bonchev–Trinajstić information content (AvgIpc) is 3.81. The number of anilines is 3. The van der Waals surface area contributed by atoms with Crippen molar-refractivity contribution in [3.63, 3.8) is 0 Å². The summed E-state index contributed by atoms with van der Waals surface area (Å²) in [5.74, 6) is 0. The first-order valence-electron chi connectivity index (χ1n) is 19.7. The zero-order valence-electron chi connectivity index (χ0n) is 32.1. The third-order valence-corrected chi connectivity index (χ3v) is 12.7. The van der Waals surface area contributed by atoms with Crippen LogP contribution >= 0.6 is 0 Å². The van der Waals surface area contributed by atoms with E-state index < -0.39 is 0 Å². The van der Waals surface area contributed by atoms with Crippen molar-refractivity contribution in [1.82, 2.24) is 0 Å².